The fourth-order valence-corrected chi connectivity index (χ4v) is 2.89. The largest absolute Gasteiger partial charge is 0.282 e. The third-order valence-corrected chi connectivity index (χ3v) is 4.09. The maximum absolute atomic E-state index is 5.90. The highest BCUT2D eigenvalue weighted by Crippen LogP contribution is 2.32. The second-order valence-electron chi connectivity index (χ2n) is 3.89. The van der Waals surface area contributed by atoms with Crippen LogP contribution in [0.2, 0.25) is 5.02 Å². The van der Waals surface area contributed by atoms with Gasteiger partial charge in [0.05, 0.1) is 10.6 Å². The van der Waals surface area contributed by atoms with Crippen LogP contribution >= 0.6 is 22.9 Å². The Labute approximate surface area is 114 Å². The van der Waals surface area contributed by atoms with Crippen molar-refractivity contribution in [2.75, 3.05) is 0 Å². The normalized spacial score (nSPS) is 10.8. The average Bonchev–Trinajstić information content (AvgIpc) is 2.99. The molecule has 3 nitrogen and oxygen atoms in total. The van der Waals surface area contributed by atoms with Crippen molar-refractivity contribution in [3.8, 4) is 15.6 Å². The molecule has 0 aliphatic rings. The third-order valence-electron chi connectivity index (χ3n) is 2.62. The van der Waals surface area contributed by atoms with Crippen LogP contribution < -0.4 is 0 Å². The van der Waals surface area contributed by atoms with Gasteiger partial charge in [0.15, 0.2) is 5.13 Å². The Morgan fingerprint density at radius 3 is 2.67 bits per heavy atom. The molecule has 0 aliphatic carbocycles. The predicted molar refractivity (Wildman–Crippen MR) is 74.4 cm³/mol. The van der Waals surface area contributed by atoms with Crippen molar-refractivity contribution >= 4 is 22.9 Å². The summed E-state index contributed by atoms with van der Waals surface area (Å²) in [6, 6.07) is 7.82. The van der Waals surface area contributed by atoms with Gasteiger partial charge in [0.25, 0.3) is 0 Å². The van der Waals surface area contributed by atoms with E-state index in [1.54, 1.807) is 23.9 Å². The molecular weight excluding hydrogens is 266 g/mol. The Balaban J connectivity index is 2.06. The quantitative estimate of drug-likeness (QED) is 0.709. The van der Waals surface area contributed by atoms with Crippen LogP contribution in [0.15, 0.2) is 43.0 Å². The summed E-state index contributed by atoms with van der Waals surface area (Å²) in [5.74, 6) is 0. The van der Waals surface area contributed by atoms with Crippen molar-refractivity contribution < 1.29 is 0 Å². The molecule has 0 bridgehead atoms. The summed E-state index contributed by atoms with van der Waals surface area (Å²) in [6.07, 6.45) is 5.40. The van der Waals surface area contributed by atoms with Gasteiger partial charge in [-0.3, -0.25) is 4.57 Å². The van der Waals surface area contributed by atoms with E-state index in [1.165, 1.54) is 0 Å². The van der Waals surface area contributed by atoms with Gasteiger partial charge >= 0.3 is 0 Å². The monoisotopic (exact) mass is 275 g/mol. The Kier molecular flexibility index (Phi) is 2.89. The van der Waals surface area contributed by atoms with Crippen LogP contribution in [-0.4, -0.2) is 14.5 Å². The highest BCUT2D eigenvalue weighted by Gasteiger charge is 2.10. The standard InChI is InChI=1S/C13H10ClN3S/c1-9-12(10-2-4-11(14)5-3-10)18-13(16-9)17-7-6-15-8-17/h2-8H,1H3. The van der Waals surface area contributed by atoms with Gasteiger partial charge in [-0.25, -0.2) is 9.97 Å². The molecule has 0 aliphatic heterocycles. The lowest BCUT2D eigenvalue weighted by molar-refractivity contribution is 1.02. The lowest BCUT2D eigenvalue weighted by Gasteiger charge is -1.98. The molecular formula is C13H10ClN3S. The van der Waals surface area contributed by atoms with Crippen molar-refractivity contribution in [1.29, 1.82) is 0 Å². The molecule has 0 atom stereocenters. The van der Waals surface area contributed by atoms with E-state index in [4.69, 9.17) is 11.6 Å². The molecule has 0 spiro atoms. The zero-order chi connectivity index (χ0) is 12.5. The molecule has 18 heavy (non-hydrogen) atoms. The number of nitrogens with zero attached hydrogens (tertiary/aromatic N) is 3. The molecule has 0 unspecified atom stereocenters. The highest BCUT2D eigenvalue weighted by molar-refractivity contribution is 7.17. The minimum atomic E-state index is 0.746. The molecule has 3 aromatic rings. The summed E-state index contributed by atoms with van der Waals surface area (Å²) in [7, 11) is 0. The van der Waals surface area contributed by atoms with E-state index in [9.17, 15) is 0 Å². The molecule has 3 rings (SSSR count). The van der Waals surface area contributed by atoms with Crippen LogP contribution in [0, 0.1) is 6.92 Å². The first-order valence-corrected chi connectivity index (χ1v) is 6.65. The van der Waals surface area contributed by atoms with Crippen molar-refractivity contribution in [3.63, 3.8) is 0 Å². The number of aryl methyl sites for hydroxylation is 1. The number of hydrogen-bond acceptors (Lipinski definition) is 3. The second kappa shape index (κ2) is 4.55. The fraction of sp³-hybridized carbons (Fsp3) is 0.0769. The predicted octanol–water partition coefficient (Wildman–Crippen LogP) is 3.96. The molecule has 0 N–H and O–H groups in total. The number of aromatic nitrogens is 3. The highest BCUT2D eigenvalue weighted by atomic mass is 35.5. The van der Waals surface area contributed by atoms with Crippen molar-refractivity contribution in [1.82, 2.24) is 14.5 Å². The fourth-order valence-electron chi connectivity index (χ4n) is 1.73. The molecule has 0 radical (unpaired) electrons. The Bertz CT molecular complexity index is 656. The minimum Gasteiger partial charge on any atom is -0.282 e. The van der Waals surface area contributed by atoms with Crippen LogP contribution in [0.5, 0.6) is 0 Å². The summed E-state index contributed by atoms with van der Waals surface area (Å²) in [4.78, 5) is 9.76. The van der Waals surface area contributed by atoms with Gasteiger partial charge in [-0.2, -0.15) is 0 Å². The van der Waals surface area contributed by atoms with Crippen LogP contribution in [0.1, 0.15) is 5.69 Å². The van der Waals surface area contributed by atoms with Crippen LogP contribution in [0.25, 0.3) is 15.6 Å². The van der Waals surface area contributed by atoms with E-state index in [-0.39, 0.29) is 0 Å². The zero-order valence-corrected chi connectivity index (χ0v) is 11.2. The number of imidazole rings is 1. The first kappa shape index (κ1) is 11.4. The van der Waals surface area contributed by atoms with E-state index in [0.29, 0.717) is 0 Å². The summed E-state index contributed by atoms with van der Waals surface area (Å²) in [5, 5.41) is 1.67. The molecule has 2 aromatic heterocycles. The van der Waals surface area contributed by atoms with E-state index in [0.717, 1.165) is 26.3 Å². The molecule has 90 valence electrons. The Hall–Kier alpha value is -1.65. The molecule has 0 saturated heterocycles. The summed E-state index contributed by atoms with van der Waals surface area (Å²) in [5.41, 5.74) is 2.16. The molecule has 2 heterocycles. The number of hydrogen-bond donors (Lipinski definition) is 0. The van der Waals surface area contributed by atoms with Gasteiger partial charge in [-0.15, -0.1) is 0 Å². The number of rotatable bonds is 2. The van der Waals surface area contributed by atoms with Crippen molar-refractivity contribution in [2.45, 2.75) is 6.92 Å². The van der Waals surface area contributed by atoms with Gasteiger partial charge in [-0.1, -0.05) is 35.1 Å². The SMILES string of the molecule is Cc1nc(-n2ccnc2)sc1-c1ccc(Cl)cc1. The summed E-state index contributed by atoms with van der Waals surface area (Å²) < 4.78 is 1.91. The van der Waals surface area contributed by atoms with Gasteiger partial charge in [0.1, 0.15) is 6.33 Å². The minimum absolute atomic E-state index is 0.746. The molecule has 5 heteroatoms. The lowest BCUT2D eigenvalue weighted by atomic mass is 10.2. The molecule has 0 amide bonds. The number of thiazole rings is 1. The van der Waals surface area contributed by atoms with Gasteiger partial charge in [0.2, 0.25) is 0 Å². The summed E-state index contributed by atoms with van der Waals surface area (Å²) in [6.45, 7) is 2.01. The topological polar surface area (TPSA) is 30.7 Å². The summed E-state index contributed by atoms with van der Waals surface area (Å²) >= 11 is 7.55. The van der Waals surface area contributed by atoms with Crippen molar-refractivity contribution in [2.24, 2.45) is 0 Å². The van der Waals surface area contributed by atoms with Crippen LogP contribution in [0.3, 0.4) is 0 Å². The van der Waals surface area contributed by atoms with Crippen LogP contribution in [0.4, 0.5) is 0 Å². The average molecular weight is 276 g/mol. The molecule has 0 saturated carbocycles. The number of benzene rings is 1. The Morgan fingerprint density at radius 1 is 1.22 bits per heavy atom. The first-order valence-electron chi connectivity index (χ1n) is 5.46. The van der Waals surface area contributed by atoms with Gasteiger partial charge in [-0.05, 0) is 24.6 Å². The van der Waals surface area contributed by atoms with Crippen molar-refractivity contribution in [3.05, 3.63) is 53.7 Å². The second-order valence-corrected chi connectivity index (χ2v) is 5.30. The van der Waals surface area contributed by atoms with Gasteiger partial charge in [0, 0.05) is 17.4 Å². The molecule has 1 aromatic carbocycles. The van der Waals surface area contributed by atoms with E-state index >= 15 is 0 Å². The first-order chi connectivity index (χ1) is 8.74. The maximum atomic E-state index is 5.90. The maximum Gasteiger partial charge on any atom is 0.195 e. The Morgan fingerprint density at radius 2 is 2.00 bits per heavy atom. The van der Waals surface area contributed by atoms with Crippen LogP contribution in [-0.2, 0) is 0 Å². The lowest BCUT2D eigenvalue weighted by Crippen LogP contribution is -1.87. The third kappa shape index (κ3) is 2.05. The van der Waals surface area contributed by atoms with E-state index in [1.807, 2.05) is 42.0 Å². The molecule has 0 fully saturated rings. The van der Waals surface area contributed by atoms with E-state index < -0.39 is 0 Å². The number of halogens is 1. The smallest absolute Gasteiger partial charge is 0.195 e. The van der Waals surface area contributed by atoms with Gasteiger partial charge < -0.3 is 0 Å². The zero-order valence-electron chi connectivity index (χ0n) is 9.67. The van der Waals surface area contributed by atoms with E-state index in [2.05, 4.69) is 9.97 Å².